The number of aromatic nitrogens is 1. The van der Waals surface area contributed by atoms with Gasteiger partial charge in [-0.15, -0.1) is 11.3 Å². The van der Waals surface area contributed by atoms with E-state index in [9.17, 15) is 9.18 Å². The van der Waals surface area contributed by atoms with Crippen LogP contribution < -0.4 is 5.32 Å². The molecule has 2 aromatic carbocycles. The van der Waals surface area contributed by atoms with Gasteiger partial charge in [0.2, 0.25) is 0 Å². The molecule has 0 radical (unpaired) electrons. The minimum Gasteiger partial charge on any atom is -0.347 e. The lowest BCUT2D eigenvalue weighted by atomic mass is 10.1. The van der Waals surface area contributed by atoms with Crippen LogP contribution in [0.4, 0.5) is 4.39 Å². The predicted octanol–water partition coefficient (Wildman–Crippen LogP) is 4.95. The van der Waals surface area contributed by atoms with E-state index in [1.54, 1.807) is 12.1 Å². The molecular formula is C24H28FN3OS. The number of aryl methyl sites for hydroxylation is 1. The number of carbonyl (C=O) groups is 1. The van der Waals surface area contributed by atoms with Crippen LogP contribution in [0, 0.1) is 12.7 Å². The summed E-state index contributed by atoms with van der Waals surface area (Å²) < 4.78 is 13.1. The van der Waals surface area contributed by atoms with E-state index in [0.717, 1.165) is 28.4 Å². The Morgan fingerprint density at radius 3 is 2.47 bits per heavy atom. The predicted molar refractivity (Wildman–Crippen MR) is 120 cm³/mol. The van der Waals surface area contributed by atoms with Gasteiger partial charge in [-0.1, -0.05) is 36.4 Å². The van der Waals surface area contributed by atoms with Crippen LogP contribution in [-0.2, 0) is 19.5 Å². The maximum absolute atomic E-state index is 13.1. The molecule has 1 N–H and O–H groups in total. The Balaban J connectivity index is 1.66. The first-order valence-corrected chi connectivity index (χ1v) is 10.9. The Kier molecular flexibility index (Phi) is 7.34. The van der Waals surface area contributed by atoms with E-state index >= 15 is 0 Å². The van der Waals surface area contributed by atoms with E-state index in [-0.39, 0.29) is 11.7 Å². The van der Waals surface area contributed by atoms with Crippen molar-refractivity contribution in [1.29, 1.82) is 0 Å². The summed E-state index contributed by atoms with van der Waals surface area (Å²) in [5.41, 5.74) is 4.03. The SMILES string of the molecule is Cc1nc(Cc2ccc(F)cc2)sc1C(=O)NCc1ccccc1CN(C)C(C)C. The van der Waals surface area contributed by atoms with Crippen molar-refractivity contribution in [1.82, 2.24) is 15.2 Å². The Labute approximate surface area is 181 Å². The van der Waals surface area contributed by atoms with Gasteiger partial charge in [-0.25, -0.2) is 9.37 Å². The molecule has 3 aromatic rings. The Hall–Kier alpha value is -2.57. The third-order valence-electron chi connectivity index (χ3n) is 5.17. The lowest BCUT2D eigenvalue weighted by Crippen LogP contribution is -2.27. The fraction of sp³-hybridized carbons (Fsp3) is 0.333. The highest BCUT2D eigenvalue weighted by molar-refractivity contribution is 7.13. The Bertz CT molecular complexity index is 998. The molecular weight excluding hydrogens is 397 g/mol. The fourth-order valence-corrected chi connectivity index (χ4v) is 4.12. The fourth-order valence-electron chi connectivity index (χ4n) is 3.11. The number of benzene rings is 2. The summed E-state index contributed by atoms with van der Waals surface area (Å²) in [6.45, 7) is 7.50. The average molecular weight is 426 g/mol. The first-order valence-electron chi connectivity index (χ1n) is 10.1. The van der Waals surface area contributed by atoms with Crippen molar-refractivity contribution < 1.29 is 9.18 Å². The molecule has 6 heteroatoms. The van der Waals surface area contributed by atoms with Crippen molar-refractivity contribution in [2.24, 2.45) is 0 Å². The molecule has 0 atom stereocenters. The quantitative estimate of drug-likeness (QED) is 0.555. The van der Waals surface area contributed by atoms with Gasteiger partial charge in [-0.2, -0.15) is 0 Å². The zero-order chi connectivity index (χ0) is 21.7. The van der Waals surface area contributed by atoms with Gasteiger partial charge < -0.3 is 5.32 Å². The van der Waals surface area contributed by atoms with Gasteiger partial charge in [0.15, 0.2) is 0 Å². The highest BCUT2D eigenvalue weighted by Gasteiger charge is 2.16. The standard InChI is InChI=1S/C24H28FN3OS/c1-16(2)28(4)15-20-8-6-5-7-19(20)14-26-24(29)23-17(3)27-22(30-23)13-18-9-11-21(25)12-10-18/h5-12,16H,13-15H2,1-4H3,(H,26,29). The maximum atomic E-state index is 13.1. The molecule has 1 heterocycles. The van der Waals surface area contributed by atoms with Crippen molar-refractivity contribution in [2.75, 3.05) is 7.05 Å². The average Bonchev–Trinajstić information content (AvgIpc) is 3.09. The second-order valence-electron chi connectivity index (χ2n) is 7.79. The smallest absolute Gasteiger partial charge is 0.263 e. The minimum absolute atomic E-state index is 0.109. The molecule has 0 aliphatic heterocycles. The largest absolute Gasteiger partial charge is 0.347 e. The normalized spacial score (nSPS) is 11.3. The van der Waals surface area contributed by atoms with Crippen LogP contribution in [0.25, 0.3) is 0 Å². The summed E-state index contributed by atoms with van der Waals surface area (Å²) in [6, 6.07) is 15.0. The molecule has 1 amide bonds. The zero-order valence-corrected chi connectivity index (χ0v) is 18.7. The summed E-state index contributed by atoms with van der Waals surface area (Å²) in [6.07, 6.45) is 0.587. The molecule has 0 fully saturated rings. The number of nitrogens with zero attached hydrogens (tertiary/aromatic N) is 2. The van der Waals surface area contributed by atoms with Gasteiger partial charge in [-0.05, 0) is 56.6 Å². The second-order valence-corrected chi connectivity index (χ2v) is 8.87. The first kappa shape index (κ1) is 22.1. The van der Waals surface area contributed by atoms with E-state index < -0.39 is 0 Å². The van der Waals surface area contributed by atoms with Gasteiger partial charge >= 0.3 is 0 Å². The number of rotatable bonds is 8. The molecule has 3 rings (SSSR count). The number of hydrogen-bond acceptors (Lipinski definition) is 4. The number of thiazole rings is 1. The van der Waals surface area contributed by atoms with Gasteiger partial charge in [0.25, 0.3) is 5.91 Å². The summed E-state index contributed by atoms with van der Waals surface area (Å²) in [4.78, 5) is 20.2. The van der Waals surface area contributed by atoms with Crippen LogP contribution in [-0.4, -0.2) is 28.9 Å². The van der Waals surface area contributed by atoms with Crippen molar-refractivity contribution in [3.05, 3.63) is 86.6 Å². The third-order valence-corrected chi connectivity index (χ3v) is 6.33. The van der Waals surface area contributed by atoms with Crippen molar-refractivity contribution in [3.8, 4) is 0 Å². The Morgan fingerprint density at radius 1 is 1.13 bits per heavy atom. The van der Waals surface area contributed by atoms with Crippen molar-refractivity contribution in [2.45, 2.75) is 46.3 Å². The summed E-state index contributed by atoms with van der Waals surface area (Å²) in [5, 5.41) is 3.90. The van der Waals surface area contributed by atoms with Gasteiger partial charge in [0.05, 0.1) is 10.7 Å². The van der Waals surface area contributed by atoms with E-state index in [2.05, 4.69) is 48.2 Å². The first-order chi connectivity index (χ1) is 14.3. The molecule has 0 bridgehead atoms. The summed E-state index contributed by atoms with van der Waals surface area (Å²) >= 11 is 1.40. The van der Waals surface area contributed by atoms with Crippen LogP contribution in [0.5, 0.6) is 0 Å². The number of carbonyl (C=O) groups excluding carboxylic acids is 1. The molecule has 1 aromatic heterocycles. The topological polar surface area (TPSA) is 45.2 Å². The van der Waals surface area contributed by atoms with Crippen LogP contribution in [0.3, 0.4) is 0 Å². The maximum Gasteiger partial charge on any atom is 0.263 e. The van der Waals surface area contributed by atoms with E-state index in [0.29, 0.717) is 23.9 Å². The van der Waals surface area contributed by atoms with Crippen LogP contribution in [0.1, 0.15) is 50.9 Å². The Morgan fingerprint density at radius 2 is 1.80 bits per heavy atom. The number of hydrogen-bond donors (Lipinski definition) is 1. The van der Waals surface area contributed by atoms with Crippen LogP contribution in [0.15, 0.2) is 48.5 Å². The highest BCUT2D eigenvalue weighted by Crippen LogP contribution is 2.21. The molecule has 0 aliphatic carbocycles. The lowest BCUT2D eigenvalue weighted by molar-refractivity contribution is 0.0954. The molecule has 30 heavy (non-hydrogen) atoms. The molecule has 4 nitrogen and oxygen atoms in total. The van der Waals surface area contributed by atoms with E-state index in [1.807, 2.05) is 19.1 Å². The zero-order valence-electron chi connectivity index (χ0n) is 17.9. The van der Waals surface area contributed by atoms with E-state index in [4.69, 9.17) is 0 Å². The molecule has 0 unspecified atom stereocenters. The lowest BCUT2D eigenvalue weighted by Gasteiger charge is -2.22. The van der Waals surface area contributed by atoms with E-state index in [1.165, 1.54) is 29.0 Å². The minimum atomic E-state index is -0.256. The van der Waals surface area contributed by atoms with Crippen LogP contribution in [0.2, 0.25) is 0 Å². The number of amides is 1. The molecule has 0 saturated carbocycles. The molecule has 0 saturated heterocycles. The molecule has 158 valence electrons. The summed E-state index contributed by atoms with van der Waals surface area (Å²) in [5.74, 6) is -0.364. The second kappa shape index (κ2) is 9.96. The van der Waals surface area contributed by atoms with Crippen LogP contribution >= 0.6 is 11.3 Å². The molecule has 0 spiro atoms. The van der Waals surface area contributed by atoms with Crippen molar-refractivity contribution >= 4 is 17.2 Å². The monoisotopic (exact) mass is 425 g/mol. The van der Waals surface area contributed by atoms with Gasteiger partial charge in [0.1, 0.15) is 10.7 Å². The number of nitrogens with one attached hydrogen (secondary N) is 1. The van der Waals surface area contributed by atoms with Gasteiger partial charge in [0, 0.05) is 25.6 Å². The van der Waals surface area contributed by atoms with Gasteiger partial charge in [-0.3, -0.25) is 9.69 Å². The third kappa shape index (κ3) is 5.74. The molecule has 0 aliphatic rings. The highest BCUT2D eigenvalue weighted by atomic mass is 32.1. The number of halogens is 1. The summed E-state index contributed by atoms with van der Waals surface area (Å²) in [7, 11) is 2.10. The van der Waals surface area contributed by atoms with Crippen molar-refractivity contribution in [3.63, 3.8) is 0 Å².